The molecule has 5 rings (SSSR count). The summed E-state index contributed by atoms with van der Waals surface area (Å²) in [5.74, 6) is 3.08. The van der Waals surface area contributed by atoms with Gasteiger partial charge in [0.2, 0.25) is 0 Å². The van der Waals surface area contributed by atoms with Crippen molar-refractivity contribution in [3.05, 3.63) is 0 Å². The van der Waals surface area contributed by atoms with Gasteiger partial charge >= 0.3 is 5.97 Å². The smallest absolute Gasteiger partial charge is 0.320 e. The average molecular weight is 307 g/mol. The third kappa shape index (κ3) is 2.48. The van der Waals surface area contributed by atoms with Crippen LogP contribution in [0.2, 0.25) is 0 Å². The standard InChI is InChI=1S/C18H29NO3/c1-2-18(22-17(20)12-19-3-5-21-6-4-19)15-8-13-7-14(10-15)11-16(18)9-13/h13-16H,2-12H2,1H3. The maximum Gasteiger partial charge on any atom is 0.320 e. The molecular weight excluding hydrogens is 278 g/mol. The highest BCUT2D eigenvalue weighted by Crippen LogP contribution is 2.60. The van der Waals surface area contributed by atoms with Crippen LogP contribution in [0.5, 0.6) is 0 Å². The predicted octanol–water partition coefficient (Wildman–Crippen LogP) is 2.47. The van der Waals surface area contributed by atoms with Gasteiger partial charge in [0.25, 0.3) is 0 Å². The summed E-state index contributed by atoms with van der Waals surface area (Å²) in [6.45, 7) is 5.85. The second-order valence-corrected chi connectivity index (χ2v) is 7.98. The molecule has 124 valence electrons. The van der Waals surface area contributed by atoms with E-state index in [9.17, 15) is 4.79 Å². The Morgan fingerprint density at radius 2 is 1.68 bits per heavy atom. The first kappa shape index (κ1) is 14.9. The Labute approximate surface area is 133 Å². The highest BCUT2D eigenvalue weighted by Gasteiger charge is 2.58. The van der Waals surface area contributed by atoms with E-state index in [4.69, 9.17) is 9.47 Å². The van der Waals surface area contributed by atoms with E-state index in [1.54, 1.807) is 0 Å². The van der Waals surface area contributed by atoms with Crippen LogP contribution < -0.4 is 0 Å². The quantitative estimate of drug-likeness (QED) is 0.748. The molecule has 5 aliphatic rings. The molecule has 4 aliphatic carbocycles. The van der Waals surface area contributed by atoms with Crippen molar-refractivity contribution in [2.75, 3.05) is 32.8 Å². The molecule has 4 saturated carbocycles. The molecule has 1 heterocycles. The number of morpholine rings is 1. The molecule has 1 saturated heterocycles. The van der Waals surface area contributed by atoms with E-state index in [0.29, 0.717) is 18.4 Å². The van der Waals surface area contributed by atoms with Crippen LogP contribution in [0.3, 0.4) is 0 Å². The van der Waals surface area contributed by atoms with Crippen LogP contribution in [-0.2, 0) is 14.3 Å². The normalized spacial score (nSPS) is 44.2. The van der Waals surface area contributed by atoms with Gasteiger partial charge in [0.05, 0.1) is 19.8 Å². The summed E-state index contributed by atoms with van der Waals surface area (Å²) in [4.78, 5) is 14.7. The molecule has 22 heavy (non-hydrogen) atoms. The summed E-state index contributed by atoms with van der Waals surface area (Å²) in [5.41, 5.74) is -0.142. The van der Waals surface area contributed by atoms with Crippen molar-refractivity contribution in [2.24, 2.45) is 23.7 Å². The van der Waals surface area contributed by atoms with E-state index in [-0.39, 0.29) is 11.6 Å². The van der Waals surface area contributed by atoms with Gasteiger partial charge < -0.3 is 9.47 Å². The number of hydrogen-bond donors (Lipinski definition) is 0. The fourth-order valence-corrected chi connectivity index (χ4v) is 5.98. The summed E-state index contributed by atoms with van der Waals surface area (Å²) >= 11 is 0. The van der Waals surface area contributed by atoms with Crippen LogP contribution in [0.25, 0.3) is 0 Å². The van der Waals surface area contributed by atoms with E-state index in [1.807, 2.05) is 0 Å². The minimum absolute atomic E-state index is 0.00350. The fraction of sp³-hybridized carbons (Fsp3) is 0.944. The molecule has 5 fully saturated rings. The van der Waals surface area contributed by atoms with Gasteiger partial charge in [-0.25, -0.2) is 0 Å². The molecule has 0 aromatic carbocycles. The molecule has 0 unspecified atom stereocenters. The fourth-order valence-electron chi connectivity index (χ4n) is 5.98. The lowest BCUT2D eigenvalue weighted by molar-refractivity contribution is -0.212. The summed E-state index contributed by atoms with van der Waals surface area (Å²) < 4.78 is 11.6. The Morgan fingerprint density at radius 1 is 1.09 bits per heavy atom. The van der Waals surface area contributed by atoms with E-state index < -0.39 is 0 Å². The Morgan fingerprint density at radius 3 is 2.23 bits per heavy atom. The van der Waals surface area contributed by atoms with Crippen molar-refractivity contribution in [1.82, 2.24) is 4.90 Å². The van der Waals surface area contributed by atoms with Crippen LogP contribution in [0.15, 0.2) is 0 Å². The van der Waals surface area contributed by atoms with Gasteiger partial charge in [0.1, 0.15) is 5.60 Å². The van der Waals surface area contributed by atoms with Gasteiger partial charge in [-0.1, -0.05) is 6.92 Å². The first-order valence-corrected chi connectivity index (χ1v) is 9.21. The molecule has 0 N–H and O–H groups in total. The highest BCUT2D eigenvalue weighted by atomic mass is 16.6. The molecule has 4 heteroatoms. The molecule has 4 bridgehead atoms. The lowest BCUT2D eigenvalue weighted by Crippen LogP contribution is -2.60. The van der Waals surface area contributed by atoms with Gasteiger partial charge in [-0.05, 0) is 62.2 Å². The first-order chi connectivity index (χ1) is 10.7. The van der Waals surface area contributed by atoms with Crippen LogP contribution >= 0.6 is 0 Å². The number of ether oxygens (including phenoxy) is 2. The van der Waals surface area contributed by atoms with Gasteiger partial charge in [0, 0.05) is 13.1 Å². The maximum atomic E-state index is 12.6. The largest absolute Gasteiger partial charge is 0.458 e. The molecule has 0 aromatic rings. The lowest BCUT2D eigenvalue weighted by Gasteiger charge is -2.60. The number of rotatable bonds is 4. The zero-order chi connectivity index (χ0) is 15.2. The molecule has 1 aliphatic heterocycles. The second-order valence-electron chi connectivity index (χ2n) is 7.98. The molecule has 0 spiro atoms. The first-order valence-electron chi connectivity index (χ1n) is 9.21. The SMILES string of the molecule is CCC1(OC(=O)CN2CCOCC2)C2CC3CC(C2)CC1C3. The molecule has 4 nitrogen and oxygen atoms in total. The maximum absolute atomic E-state index is 12.6. The molecule has 0 atom stereocenters. The minimum atomic E-state index is -0.142. The Bertz CT molecular complexity index is 402. The van der Waals surface area contributed by atoms with E-state index in [2.05, 4.69) is 11.8 Å². The Kier molecular flexibility index (Phi) is 3.93. The van der Waals surface area contributed by atoms with Crippen LogP contribution in [0.1, 0.15) is 45.4 Å². The van der Waals surface area contributed by atoms with Crippen molar-refractivity contribution in [2.45, 2.75) is 51.0 Å². The predicted molar refractivity (Wildman–Crippen MR) is 83.4 cm³/mol. The van der Waals surface area contributed by atoms with Gasteiger partial charge in [0.15, 0.2) is 0 Å². The van der Waals surface area contributed by atoms with Crippen molar-refractivity contribution >= 4 is 5.97 Å². The van der Waals surface area contributed by atoms with Gasteiger partial charge in [-0.2, -0.15) is 0 Å². The number of esters is 1. The van der Waals surface area contributed by atoms with Gasteiger partial charge in [-0.15, -0.1) is 0 Å². The van der Waals surface area contributed by atoms with E-state index in [0.717, 1.165) is 44.6 Å². The molecule has 0 aromatic heterocycles. The zero-order valence-corrected chi connectivity index (χ0v) is 13.8. The summed E-state index contributed by atoms with van der Waals surface area (Å²) in [6.07, 6.45) is 7.62. The van der Waals surface area contributed by atoms with Crippen LogP contribution in [0, 0.1) is 23.7 Å². The molecule has 0 amide bonds. The summed E-state index contributed by atoms with van der Waals surface area (Å²) in [7, 11) is 0. The topological polar surface area (TPSA) is 38.8 Å². The van der Waals surface area contributed by atoms with E-state index >= 15 is 0 Å². The summed E-state index contributed by atoms with van der Waals surface area (Å²) in [5, 5.41) is 0. The van der Waals surface area contributed by atoms with Crippen molar-refractivity contribution in [1.29, 1.82) is 0 Å². The van der Waals surface area contributed by atoms with Crippen LogP contribution in [0.4, 0.5) is 0 Å². The Balaban J connectivity index is 1.44. The molecule has 0 radical (unpaired) electrons. The summed E-state index contributed by atoms with van der Waals surface area (Å²) in [6, 6.07) is 0. The van der Waals surface area contributed by atoms with Gasteiger partial charge in [-0.3, -0.25) is 9.69 Å². The lowest BCUT2D eigenvalue weighted by atomic mass is 9.49. The van der Waals surface area contributed by atoms with E-state index in [1.165, 1.54) is 32.1 Å². The van der Waals surface area contributed by atoms with Crippen LogP contribution in [-0.4, -0.2) is 49.3 Å². The third-order valence-electron chi connectivity index (χ3n) is 6.83. The second kappa shape index (κ2) is 5.79. The highest BCUT2D eigenvalue weighted by molar-refractivity contribution is 5.72. The number of hydrogen-bond acceptors (Lipinski definition) is 4. The third-order valence-corrected chi connectivity index (χ3v) is 6.83. The van der Waals surface area contributed by atoms with Crippen molar-refractivity contribution in [3.8, 4) is 0 Å². The number of nitrogens with zero attached hydrogens (tertiary/aromatic N) is 1. The average Bonchev–Trinajstić information content (AvgIpc) is 2.51. The van der Waals surface area contributed by atoms with Crippen molar-refractivity contribution in [3.63, 3.8) is 0 Å². The monoisotopic (exact) mass is 307 g/mol. The zero-order valence-electron chi connectivity index (χ0n) is 13.8. The Hall–Kier alpha value is -0.610. The minimum Gasteiger partial charge on any atom is -0.458 e. The number of carbonyl (C=O) groups is 1. The molecular formula is C18H29NO3. The van der Waals surface area contributed by atoms with Crippen molar-refractivity contribution < 1.29 is 14.3 Å². The number of carbonyl (C=O) groups excluding carboxylic acids is 1.